The van der Waals surface area contributed by atoms with Crippen LogP contribution in [0.15, 0.2) is 30.3 Å². The molecule has 0 N–H and O–H groups in total. The molecule has 196 valence electrons. The molecule has 1 unspecified atom stereocenters. The summed E-state index contributed by atoms with van der Waals surface area (Å²) in [7, 11) is 0. The quantitative estimate of drug-likeness (QED) is 0.413. The van der Waals surface area contributed by atoms with Crippen molar-refractivity contribution in [1.29, 1.82) is 0 Å². The van der Waals surface area contributed by atoms with Crippen LogP contribution in [0.4, 0.5) is 0 Å². The lowest BCUT2D eigenvalue weighted by Crippen LogP contribution is -2.28. The molecule has 0 spiro atoms. The minimum absolute atomic E-state index is 0.103. The number of hydrogen-bond acceptors (Lipinski definition) is 0. The van der Waals surface area contributed by atoms with Gasteiger partial charge in [0.1, 0.15) is 0 Å². The Hall–Kier alpha value is -1.56. The summed E-state index contributed by atoms with van der Waals surface area (Å²) in [5.41, 5.74) is 11.1. The summed E-state index contributed by atoms with van der Waals surface area (Å²) in [5, 5.41) is 0. The van der Waals surface area contributed by atoms with Crippen molar-refractivity contribution in [3.63, 3.8) is 0 Å². The molecule has 0 aliphatic carbocycles. The third-order valence-electron chi connectivity index (χ3n) is 7.34. The summed E-state index contributed by atoms with van der Waals surface area (Å²) in [4.78, 5) is 0. The Bertz CT molecular complexity index is 993. The normalized spacial score (nSPS) is 14.9. The van der Waals surface area contributed by atoms with E-state index in [4.69, 9.17) is 0 Å². The highest BCUT2D eigenvalue weighted by Crippen LogP contribution is 2.43. The molecule has 0 nitrogen and oxygen atoms in total. The molecule has 0 heterocycles. The second-order valence-electron chi connectivity index (χ2n) is 16.2. The van der Waals surface area contributed by atoms with Gasteiger partial charge < -0.3 is 0 Å². The van der Waals surface area contributed by atoms with Gasteiger partial charge >= 0.3 is 0 Å². The Labute approximate surface area is 219 Å². The van der Waals surface area contributed by atoms with Gasteiger partial charge in [-0.3, -0.25) is 0 Å². The van der Waals surface area contributed by atoms with Gasteiger partial charge in [-0.2, -0.15) is 0 Å². The van der Waals surface area contributed by atoms with Crippen LogP contribution < -0.4 is 0 Å². The van der Waals surface area contributed by atoms with Gasteiger partial charge in [0.15, 0.2) is 0 Å². The highest BCUT2D eigenvalue weighted by Gasteiger charge is 2.33. The molecular formula is C35H56. The van der Waals surface area contributed by atoms with Gasteiger partial charge in [-0.15, -0.1) is 0 Å². The van der Waals surface area contributed by atoms with Crippen molar-refractivity contribution in [3.05, 3.63) is 69.3 Å². The fraction of sp³-hybridized carbons (Fsp3) is 0.657. The molecule has 0 aromatic heterocycles. The molecule has 0 aliphatic rings. The fourth-order valence-corrected chi connectivity index (χ4v) is 5.40. The topological polar surface area (TPSA) is 0 Å². The first-order valence-electron chi connectivity index (χ1n) is 13.8. The molecule has 0 fully saturated rings. The first-order chi connectivity index (χ1) is 15.4. The van der Waals surface area contributed by atoms with Crippen molar-refractivity contribution >= 4 is 0 Å². The van der Waals surface area contributed by atoms with Gasteiger partial charge in [0.2, 0.25) is 0 Å². The molecule has 0 heteroatoms. The highest BCUT2D eigenvalue weighted by atomic mass is 14.4. The summed E-state index contributed by atoms with van der Waals surface area (Å²) in [6.45, 7) is 37.8. The van der Waals surface area contributed by atoms with E-state index in [1.54, 1.807) is 0 Å². The van der Waals surface area contributed by atoms with E-state index >= 15 is 0 Å². The Morgan fingerprint density at radius 2 is 0.886 bits per heavy atom. The van der Waals surface area contributed by atoms with Crippen LogP contribution in [0.1, 0.15) is 156 Å². The molecule has 35 heavy (non-hydrogen) atoms. The zero-order valence-corrected chi connectivity index (χ0v) is 26.2. The second-order valence-corrected chi connectivity index (χ2v) is 16.2. The van der Waals surface area contributed by atoms with Crippen molar-refractivity contribution in [2.75, 3.05) is 0 Å². The van der Waals surface area contributed by atoms with E-state index in [0.29, 0.717) is 5.92 Å². The van der Waals surface area contributed by atoms with Crippen LogP contribution in [0.3, 0.4) is 0 Å². The summed E-state index contributed by atoms with van der Waals surface area (Å²) < 4.78 is 0. The third kappa shape index (κ3) is 7.02. The maximum Gasteiger partial charge on any atom is -0.0126 e. The molecule has 1 atom stereocenters. The Balaban J connectivity index is 2.67. The molecule has 2 rings (SSSR count). The van der Waals surface area contributed by atoms with Crippen molar-refractivity contribution in [2.24, 2.45) is 0 Å². The number of hydrogen-bond donors (Lipinski definition) is 0. The first-order valence-corrected chi connectivity index (χ1v) is 13.8. The highest BCUT2D eigenvalue weighted by molar-refractivity contribution is 5.50. The molecule has 0 aliphatic heterocycles. The van der Waals surface area contributed by atoms with Crippen LogP contribution >= 0.6 is 0 Å². The molecule has 0 saturated heterocycles. The molecule has 0 radical (unpaired) electrons. The van der Waals surface area contributed by atoms with E-state index in [2.05, 4.69) is 141 Å². The lowest BCUT2D eigenvalue weighted by molar-refractivity contribution is 0.495. The maximum absolute atomic E-state index is 2.54. The van der Waals surface area contributed by atoms with Crippen LogP contribution in [0.25, 0.3) is 0 Å². The second kappa shape index (κ2) is 9.39. The maximum atomic E-state index is 2.54. The van der Waals surface area contributed by atoms with Crippen LogP contribution in [-0.4, -0.2) is 0 Å². The average molecular weight is 477 g/mol. The van der Waals surface area contributed by atoms with Crippen LogP contribution in [0.5, 0.6) is 0 Å². The Morgan fingerprint density at radius 3 is 1.23 bits per heavy atom. The largest absolute Gasteiger partial charge is 0.0587 e. The molecule has 2 aromatic carbocycles. The number of benzene rings is 2. The van der Waals surface area contributed by atoms with Crippen molar-refractivity contribution in [1.82, 2.24) is 0 Å². The lowest BCUT2D eigenvalue weighted by Gasteiger charge is -2.37. The predicted molar refractivity (Wildman–Crippen MR) is 159 cm³/mol. The van der Waals surface area contributed by atoms with Crippen molar-refractivity contribution in [2.45, 2.75) is 150 Å². The van der Waals surface area contributed by atoms with E-state index < -0.39 is 0 Å². The zero-order chi connectivity index (χ0) is 27.4. The van der Waals surface area contributed by atoms with E-state index in [9.17, 15) is 0 Å². The monoisotopic (exact) mass is 476 g/mol. The zero-order valence-electron chi connectivity index (χ0n) is 26.2. The molecular weight excluding hydrogens is 420 g/mol. The smallest absolute Gasteiger partial charge is 0.0126 e. The summed E-state index contributed by atoms with van der Waals surface area (Å²) in [6, 6.07) is 12.3. The standard InChI is InChI=1S/C35H56/c1-23(19-24-17-18-26(31(2,3)4)27(20-24)32(5,6)7)25-21-28(33(8,9)10)30(35(14,15)16)29(22-25)34(11,12)13/h17-18,20-23H,19H2,1-16H3. The summed E-state index contributed by atoms with van der Waals surface area (Å²) in [6.07, 6.45) is 1.07. The SMILES string of the molecule is CC(Cc1ccc(C(C)(C)C)c(C(C)(C)C)c1)c1cc(C(C)(C)C)c(C(C)(C)C)c(C(C)(C)C)c1. The Morgan fingerprint density at radius 1 is 0.486 bits per heavy atom. The van der Waals surface area contributed by atoms with E-state index in [1.807, 2.05) is 0 Å². The minimum Gasteiger partial charge on any atom is -0.0587 e. The summed E-state index contributed by atoms with van der Waals surface area (Å²) in [5.74, 6) is 0.458. The van der Waals surface area contributed by atoms with Gasteiger partial charge in [-0.05, 0) is 78.4 Å². The van der Waals surface area contributed by atoms with Crippen LogP contribution in [0.2, 0.25) is 0 Å². The molecule has 0 amide bonds. The molecule has 2 aromatic rings. The van der Waals surface area contributed by atoms with Crippen LogP contribution in [-0.2, 0) is 33.5 Å². The van der Waals surface area contributed by atoms with Gasteiger partial charge in [0, 0.05) is 0 Å². The van der Waals surface area contributed by atoms with Gasteiger partial charge in [-0.25, -0.2) is 0 Å². The third-order valence-corrected chi connectivity index (χ3v) is 7.34. The van der Waals surface area contributed by atoms with Crippen LogP contribution in [0, 0.1) is 0 Å². The van der Waals surface area contributed by atoms with Gasteiger partial charge in [0.05, 0.1) is 0 Å². The average Bonchev–Trinajstić information content (AvgIpc) is 2.63. The first kappa shape index (κ1) is 29.7. The predicted octanol–water partition coefficient (Wildman–Crippen LogP) is 10.5. The fourth-order valence-electron chi connectivity index (χ4n) is 5.40. The van der Waals surface area contributed by atoms with Gasteiger partial charge in [0.25, 0.3) is 0 Å². The van der Waals surface area contributed by atoms with Crippen molar-refractivity contribution < 1.29 is 0 Å². The van der Waals surface area contributed by atoms with Gasteiger partial charge in [-0.1, -0.05) is 141 Å². The Kier molecular flexibility index (Phi) is 7.96. The molecule has 0 saturated carbocycles. The summed E-state index contributed by atoms with van der Waals surface area (Å²) >= 11 is 0. The number of rotatable bonds is 3. The van der Waals surface area contributed by atoms with E-state index in [0.717, 1.165) is 6.42 Å². The minimum atomic E-state index is 0.103. The lowest BCUT2D eigenvalue weighted by atomic mass is 9.67. The molecule has 0 bridgehead atoms. The van der Waals surface area contributed by atoms with E-state index in [-0.39, 0.29) is 27.1 Å². The van der Waals surface area contributed by atoms with E-state index in [1.165, 1.54) is 38.9 Å². The van der Waals surface area contributed by atoms with Crippen molar-refractivity contribution in [3.8, 4) is 0 Å².